The topological polar surface area (TPSA) is 59.5 Å². The zero-order valence-corrected chi connectivity index (χ0v) is 11.6. The van der Waals surface area contributed by atoms with Crippen molar-refractivity contribution in [1.29, 1.82) is 0 Å². The number of nitrogens with two attached hydrogens (primary N) is 1. The van der Waals surface area contributed by atoms with E-state index in [9.17, 15) is 4.79 Å². The quantitative estimate of drug-likeness (QED) is 0.885. The van der Waals surface area contributed by atoms with Crippen molar-refractivity contribution in [1.82, 2.24) is 4.90 Å². The van der Waals surface area contributed by atoms with E-state index < -0.39 is 6.04 Å². The number of furan rings is 1. The van der Waals surface area contributed by atoms with E-state index in [0.29, 0.717) is 18.5 Å². The number of carbonyl (C=O) groups excluding carboxylic acids is 1. The summed E-state index contributed by atoms with van der Waals surface area (Å²) in [6.07, 6.45) is 3.40. The van der Waals surface area contributed by atoms with Crippen molar-refractivity contribution in [2.24, 2.45) is 11.7 Å². The Bertz CT molecular complexity index is 476. The molecule has 1 aromatic heterocycles. The monoisotopic (exact) mass is 262 g/mol. The van der Waals surface area contributed by atoms with Gasteiger partial charge in [-0.25, -0.2) is 0 Å². The molecular weight excluding hydrogens is 240 g/mol. The highest BCUT2D eigenvalue weighted by Gasteiger charge is 2.37. The molecule has 1 amide bonds. The van der Waals surface area contributed by atoms with Gasteiger partial charge in [0.05, 0.1) is 12.6 Å². The maximum absolute atomic E-state index is 12.1. The largest absolute Gasteiger partial charge is 0.464 e. The minimum absolute atomic E-state index is 0.0280. The minimum atomic E-state index is -0.432. The molecule has 0 spiro atoms. The predicted octanol–water partition coefficient (Wildman–Crippen LogP) is 2.24. The Balaban J connectivity index is 1.68. The molecule has 3 rings (SSSR count). The van der Waals surface area contributed by atoms with Crippen LogP contribution in [0.5, 0.6) is 0 Å². The maximum atomic E-state index is 12.1. The van der Waals surface area contributed by atoms with Crippen LogP contribution >= 0.6 is 0 Å². The van der Waals surface area contributed by atoms with E-state index in [-0.39, 0.29) is 5.91 Å². The Morgan fingerprint density at radius 3 is 2.74 bits per heavy atom. The summed E-state index contributed by atoms with van der Waals surface area (Å²) in [6, 6.07) is 4.00. The van der Waals surface area contributed by atoms with E-state index in [1.807, 2.05) is 11.0 Å². The van der Waals surface area contributed by atoms with Crippen LogP contribution in [-0.2, 0) is 11.3 Å². The van der Waals surface area contributed by atoms with Gasteiger partial charge in [0.15, 0.2) is 0 Å². The fourth-order valence-electron chi connectivity index (χ4n) is 2.60. The first-order valence-corrected chi connectivity index (χ1v) is 7.21. The molecular formula is C15H22N2O2. The van der Waals surface area contributed by atoms with Gasteiger partial charge in [-0.1, -0.05) is 6.92 Å². The van der Waals surface area contributed by atoms with Crippen LogP contribution in [0.3, 0.4) is 0 Å². The standard InChI is InChI=1S/C15H22N2O2/c1-9-7-13(9)14-6-5-12(19-14)8-17(11-3-4-11)15(18)10(2)16/h5-6,9-11,13H,3-4,7-8,16H2,1-2H3. The van der Waals surface area contributed by atoms with Gasteiger partial charge in [0.25, 0.3) is 0 Å². The number of nitrogens with zero attached hydrogens (tertiary/aromatic N) is 1. The molecule has 0 saturated heterocycles. The van der Waals surface area contributed by atoms with E-state index in [1.165, 1.54) is 6.42 Å². The number of rotatable bonds is 5. The lowest BCUT2D eigenvalue weighted by Crippen LogP contribution is -2.42. The highest BCUT2D eigenvalue weighted by Crippen LogP contribution is 2.47. The fraction of sp³-hybridized carbons (Fsp3) is 0.667. The average molecular weight is 262 g/mol. The van der Waals surface area contributed by atoms with Crippen LogP contribution in [0.2, 0.25) is 0 Å². The van der Waals surface area contributed by atoms with Gasteiger partial charge in [-0.3, -0.25) is 4.79 Å². The Morgan fingerprint density at radius 1 is 1.53 bits per heavy atom. The molecule has 2 aliphatic rings. The Morgan fingerprint density at radius 2 is 2.21 bits per heavy atom. The molecule has 2 N–H and O–H groups in total. The summed E-state index contributed by atoms with van der Waals surface area (Å²) in [7, 11) is 0. The molecule has 2 fully saturated rings. The SMILES string of the molecule is CC(N)C(=O)N(Cc1ccc(C2CC2C)o1)C1CC1. The highest BCUT2D eigenvalue weighted by atomic mass is 16.3. The molecule has 0 radical (unpaired) electrons. The lowest BCUT2D eigenvalue weighted by molar-refractivity contribution is -0.133. The summed E-state index contributed by atoms with van der Waals surface area (Å²) < 4.78 is 5.88. The van der Waals surface area contributed by atoms with E-state index in [2.05, 4.69) is 13.0 Å². The lowest BCUT2D eigenvalue weighted by atomic mass is 10.2. The summed E-state index contributed by atoms with van der Waals surface area (Å²) in [5.41, 5.74) is 5.72. The second kappa shape index (κ2) is 4.67. The fourth-order valence-corrected chi connectivity index (χ4v) is 2.60. The van der Waals surface area contributed by atoms with Crippen LogP contribution in [-0.4, -0.2) is 22.9 Å². The van der Waals surface area contributed by atoms with Gasteiger partial charge in [0.2, 0.25) is 5.91 Å². The molecule has 0 bridgehead atoms. The third-order valence-electron chi connectivity index (χ3n) is 4.14. The van der Waals surface area contributed by atoms with Gasteiger partial charge >= 0.3 is 0 Å². The van der Waals surface area contributed by atoms with Crippen LogP contribution < -0.4 is 5.73 Å². The Hall–Kier alpha value is -1.29. The zero-order valence-electron chi connectivity index (χ0n) is 11.6. The third-order valence-corrected chi connectivity index (χ3v) is 4.14. The molecule has 0 aromatic carbocycles. The van der Waals surface area contributed by atoms with Crippen molar-refractivity contribution in [2.75, 3.05) is 0 Å². The minimum Gasteiger partial charge on any atom is -0.464 e. The van der Waals surface area contributed by atoms with Crippen molar-refractivity contribution in [3.05, 3.63) is 23.7 Å². The lowest BCUT2D eigenvalue weighted by Gasteiger charge is -2.23. The molecule has 104 valence electrons. The summed E-state index contributed by atoms with van der Waals surface area (Å²) >= 11 is 0. The van der Waals surface area contributed by atoms with Crippen molar-refractivity contribution >= 4 is 5.91 Å². The van der Waals surface area contributed by atoms with Crippen LogP contribution in [0, 0.1) is 5.92 Å². The Labute approximate surface area is 113 Å². The number of carbonyl (C=O) groups is 1. The number of hydrogen-bond donors (Lipinski definition) is 1. The first-order chi connectivity index (χ1) is 9.06. The van der Waals surface area contributed by atoms with Crippen LogP contribution in [0.25, 0.3) is 0 Å². The first-order valence-electron chi connectivity index (χ1n) is 7.21. The summed E-state index contributed by atoms with van der Waals surface area (Å²) in [5.74, 6) is 3.32. The number of amides is 1. The Kier molecular flexibility index (Phi) is 3.13. The van der Waals surface area contributed by atoms with Crippen LogP contribution in [0.15, 0.2) is 16.5 Å². The van der Waals surface area contributed by atoms with Crippen molar-refractivity contribution in [3.8, 4) is 0 Å². The highest BCUT2D eigenvalue weighted by molar-refractivity contribution is 5.81. The van der Waals surface area contributed by atoms with Crippen molar-refractivity contribution in [2.45, 2.75) is 57.7 Å². The molecule has 1 heterocycles. The van der Waals surface area contributed by atoms with Crippen molar-refractivity contribution < 1.29 is 9.21 Å². The molecule has 4 heteroatoms. The molecule has 3 atom stereocenters. The molecule has 1 aromatic rings. The van der Waals surface area contributed by atoms with E-state index in [0.717, 1.165) is 30.3 Å². The maximum Gasteiger partial charge on any atom is 0.239 e. The zero-order chi connectivity index (χ0) is 13.6. The second-order valence-corrected chi connectivity index (χ2v) is 6.11. The summed E-state index contributed by atoms with van der Waals surface area (Å²) in [4.78, 5) is 14.0. The summed E-state index contributed by atoms with van der Waals surface area (Å²) in [5, 5.41) is 0. The van der Waals surface area contributed by atoms with E-state index >= 15 is 0 Å². The second-order valence-electron chi connectivity index (χ2n) is 6.11. The molecule has 19 heavy (non-hydrogen) atoms. The predicted molar refractivity (Wildman–Crippen MR) is 72.5 cm³/mol. The molecule has 2 saturated carbocycles. The van der Waals surface area contributed by atoms with Gasteiger partial charge in [-0.05, 0) is 44.2 Å². The molecule has 0 aliphatic heterocycles. The van der Waals surface area contributed by atoms with Gasteiger partial charge in [0.1, 0.15) is 11.5 Å². The smallest absolute Gasteiger partial charge is 0.239 e. The van der Waals surface area contributed by atoms with E-state index in [1.54, 1.807) is 6.92 Å². The van der Waals surface area contributed by atoms with Gasteiger partial charge in [0, 0.05) is 12.0 Å². The third kappa shape index (κ3) is 2.68. The van der Waals surface area contributed by atoms with Crippen LogP contribution in [0.4, 0.5) is 0 Å². The van der Waals surface area contributed by atoms with Crippen molar-refractivity contribution in [3.63, 3.8) is 0 Å². The normalized spacial score (nSPS) is 27.1. The van der Waals surface area contributed by atoms with Gasteiger partial charge < -0.3 is 15.1 Å². The molecule has 4 nitrogen and oxygen atoms in total. The number of hydrogen-bond acceptors (Lipinski definition) is 3. The molecule has 2 aliphatic carbocycles. The van der Waals surface area contributed by atoms with E-state index in [4.69, 9.17) is 10.2 Å². The molecule has 3 unspecified atom stereocenters. The van der Waals surface area contributed by atoms with Gasteiger partial charge in [-0.15, -0.1) is 0 Å². The first kappa shape index (κ1) is 12.7. The van der Waals surface area contributed by atoms with Gasteiger partial charge in [-0.2, -0.15) is 0 Å². The summed E-state index contributed by atoms with van der Waals surface area (Å²) in [6.45, 7) is 4.55. The average Bonchev–Trinajstić information content (AvgIpc) is 3.28. The van der Waals surface area contributed by atoms with Crippen LogP contribution in [0.1, 0.15) is 50.5 Å².